The normalized spacial score (nSPS) is 16.1. The van der Waals surface area contributed by atoms with Gasteiger partial charge in [0, 0.05) is 78.1 Å². The fraction of sp³-hybridized carbons (Fsp3) is 0.639. The molecule has 0 aliphatic carbocycles. The molecule has 11 amide bonds. The van der Waals surface area contributed by atoms with Crippen molar-refractivity contribution >= 4 is 82.4 Å². The number of carbonyl (C=O) groups excluding carboxylic acids is 10. The summed E-state index contributed by atoms with van der Waals surface area (Å²) in [6.07, 6.45) is 1.82. The van der Waals surface area contributed by atoms with Gasteiger partial charge >= 0.3 is 18.1 Å². The number of ether oxygens (including phenoxy) is 5. The molecule has 2 aromatic carbocycles. The average Bonchev–Trinajstić information content (AvgIpc) is 1.72. The van der Waals surface area contributed by atoms with Gasteiger partial charge in [-0.2, -0.15) is 0 Å². The van der Waals surface area contributed by atoms with Gasteiger partial charge in [-0.1, -0.05) is 111 Å². The molecule has 12 atom stereocenters. The van der Waals surface area contributed by atoms with Gasteiger partial charge in [0.05, 0.1) is 75.1 Å². The van der Waals surface area contributed by atoms with E-state index in [2.05, 4.69) is 42.2 Å². The van der Waals surface area contributed by atoms with Gasteiger partial charge in [-0.15, -0.1) is 11.3 Å². The van der Waals surface area contributed by atoms with Crippen molar-refractivity contribution in [3.63, 3.8) is 0 Å². The number of thiazole rings is 1. The molecular formula is C72H113N13O17S. The van der Waals surface area contributed by atoms with Crippen LogP contribution in [0.2, 0.25) is 0 Å². The number of nitrogens with two attached hydrogens (primary N) is 2. The molecule has 0 radical (unpaired) electrons. The van der Waals surface area contributed by atoms with Crippen LogP contribution in [-0.4, -0.2) is 219 Å². The second kappa shape index (κ2) is 45.0. The number of primary amides is 1. The minimum Gasteiger partial charge on any atom is -0.481 e. The first kappa shape index (κ1) is 87.0. The number of hydrogen-bond acceptors (Lipinski definition) is 19. The predicted octanol–water partition coefficient (Wildman–Crippen LogP) is 4.64. The lowest BCUT2D eigenvalue weighted by molar-refractivity contribution is -0.148. The number of nitrogens with one attached hydrogen (secondary N) is 7. The van der Waals surface area contributed by atoms with Crippen molar-refractivity contribution in [2.24, 2.45) is 41.1 Å². The van der Waals surface area contributed by atoms with E-state index in [9.17, 15) is 52.7 Å². The molecule has 12 N–H and O–H groups in total. The first-order chi connectivity index (χ1) is 48.9. The maximum Gasteiger partial charge on any atom is 0.410 e. The summed E-state index contributed by atoms with van der Waals surface area (Å²) in [6, 6.07) is 8.73. The van der Waals surface area contributed by atoms with E-state index in [1.807, 2.05) is 56.5 Å². The number of benzene rings is 2. The SMILES string of the molecule is CC[C@H](C)[C@@H]([C@@H](CC(=O)N1CCC[C@H]1[C@H](OC)[C@@H](C)C(=O)N[C@@H](Cc1ccccc1)c1nccs1)OC)N(C)C(=O)[C@@H](NC(=O)[C@H](C(C)C)N(C)C(=O)OCc1ccc(NC(=O)[C@H](CCCNC(N)=O)NC(=O)[C@@H](NC(=O)CCOCCOCCNC(=O)[C@@H](N)CCC(=O)O)C(C)C)cc1)C(C)C. The van der Waals surface area contributed by atoms with Crippen molar-refractivity contribution in [2.45, 2.75) is 194 Å². The summed E-state index contributed by atoms with van der Waals surface area (Å²) in [5.74, 6) is -6.85. The summed E-state index contributed by atoms with van der Waals surface area (Å²) in [4.78, 5) is 156. The van der Waals surface area contributed by atoms with Crippen LogP contribution in [0.15, 0.2) is 66.2 Å². The molecule has 0 saturated carbocycles. The summed E-state index contributed by atoms with van der Waals surface area (Å²) >= 11 is 1.47. The van der Waals surface area contributed by atoms with Gasteiger partial charge in [0.2, 0.25) is 47.3 Å². The largest absolute Gasteiger partial charge is 0.481 e. The van der Waals surface area contributed by atoms with Gasteiger partial charge in [0.15, 0.2) is 0 Å². The third-order valence-corrected chi connectivity index (χ3v) is 19.2. The van der Waals surface area contributed by atoms with Crippen molar-refractivity contribution in [3.8, 4) is 0 Å². The number of aromatic nitrogens is 1. The number of likely N-dealkylation sites (N-methyl/N-ethyl adjacent to an activating group) is 2. The molecule has 1 aliphatic heterocycles. The summed E-state index contributed by atoms with van der Waals surface area (Å²) in [7, 11) is 6.14. The Bertz CT molecular complexity index is 3170. The number of amides is 11. The van der Waals surface area contributed by atoms with Crippen LogP contribution in [-0.2, 0) is 79.9 Å². The van der Waals surface area contributed by atoms with E-state index in [0.29, 0.717) is 43.5 Å². The summed E-state index contributed by atoms with van der Waals surface area (Å²) in [6.45, 7) is 17.2. The van der Waals surface area contributed by atoms with E-state index in [1.165, 1.54) is 30.4 Å². The van der Waals surface area contributed by atoms with Gasteiger partial charge in [0.25, 0.3) is 0 Å². The summed E-state index contributed by atoms with van der Waals surface area (Å²) < 4.78 is 28.8. The minimum absolute atomic E-state index is 0.000404. The van der Waals surface area contributed by atoms with Crippen LogP contribution in [0.1, 0.15) is 142 Å². The second-order valence-electron chi connectivity index (χ2n) is 27.1. The van der Waals surface area contributed by atoms with E-state index in [-0.39, 0.29) is 108 Å². The maximum absolute atomic E-state index is 14.9. The van der Waals surface area contributed by atoms with E-state index in [1.54, 1.807) is 96.0 Å². The molecule has 31 heteroatoms. The Morgan fingerprint density at radius 1 is 0.709 bits per heavy atom. The Hall–Kier alpha value is -8.36. The quantitative estimate of drug-likeness (QED) is 0.0344. The number of anilines is 1. The zero-order chi connectivity index (χ0) is 76.5. The second-order valence-corrected chi connectivity index (χ2v) is 28.0. The molecule has 103 heavy (non-hydrogen) atoms. The highest BCUT2D eigenvalue weighted by Crippen LogP contribution is 2.31. The smallest absolute Gasteiger partial charge is 0.410 e. The van der Waals surface area contributed by atoms with Gasteiger partial charge in [-0.25, -0.2) is 14.6 Å². The number of carboxylic acid groups (broad SMARTS) is 1. The van der Waals surface area contributed by atoms with Crippen molar-refractivity contribution in [2.75, 3.05) is 79.7 Å². The lowest BCUT2D eigenvalue weighted by atomic mass is 9.89. The molecule has 1 aromatic heterocycles. The van der Waals surface area contributed by atoms with Crippen molar-refractivity contribution in [1.82, 2.24) is 51.6 Å². The Labute approximate surface area is 609 Å². The van der Waals surface area contributed by atoms with Gasteiger partial charge in [-0.3, -0.25) is 48.1 Å². The van der Waals surface area contributed by atoms with Crippen LogP contribution in [0.4, 0.5) is 15.3 Å². The number of urea groups is 1. The van der Waals surface area contributed by atoms with Gasteiger partial charge < -0.3 is 87.3 Å². The Morgan fingerprint density at radius 2 is 1.38 bits per heavy atom. The molecule has 30 nitrogen and oxygen atoms in total. The first-order valence-corrected chi connectivity index (χ1v) is 36.3. The molecule has 0 spiro atoms. The Balaban J connectivity index is 1.35. The number of likely N-dealkylation sites (tertiary alicyclic amines) is 1. The highest BCUT2D eigenvalue weighted by Gasteiger charge is 2.44. The Morgan fingerprint density at radius 3 is 1.97 bits per heavy atom. The first-order valence-electron chi connectivity index (χ1n) is 35.4. The number of hydrogen-bond donors (Lipinski definition) is 10. The van der Waals surface area contributed by atoms with Crippen molar-refractivity contribution in [3.05, 3.63) is 82.3 Å². The fourth-order valence-electron chi connectivity index (χ4n) is 12.3. The molecular weight excluding hydrogens is 1350 g/mol. The molecule has 0 bridgehead atoms. The minimum atomic E-state index is -1.14. The maximum atomic E-state index is 14.9. The average molecular weight is 1460 g/mol. The lowest BCUT2D eigenvalue weighted by Gasteiger charge is -2.41. The topological polar surface area (TPSA) is 413 Å². The summed E-state index contributed by atoms with van der Waals surface area (Å²) in [5.41, 5.74) is 12.8. The highest BCUT2D eigenvalue weighted by atomic mass is 32.1. The molecule has 1 saturated heterocycles. The van der Waals surface area contributed by atoms with Crippen LogP contribution in [0.5, 0.6) is 0 Å². The molecule has 2 heterocycles. The van der Waals surface area contributed by atoms with Gasteiger partial charge in [0.1, 0.15) is 35.8 Å². The zero-order valence-corrected chi connectivity index (χ0v) is 62.9. The van der Waals surface area contributed by atoms with Crippen LogP contribution in [0, 0.1) is 29.6 Å². The third-order valence-electron chi connectivity index (χ3n) is 18.3. The van der Waals surface area contributed by atoms with E-state index >= 15 is 0 Å². The monoisotopic (exact) mass is 1460 g/mol. The third kappa shape index (κ3) is 28.7. The predicted molar refractivity (Wildman–Crippen MR) is 387 cm³/mol. The molecule has 574 valence electrons. The summed E-state index contributed by atoms with van der Waals surface area (Å²) in [5, 5.41) is 30.9. The van der Waals surface area contributed by atoms with E-state index in [4.69, 9.17) is 40.3 Å². The highest BCUT2D eigenvalue weighted by molar-refractivity contribution is 7.09. The molecule has 1 fully saturated rings. The van der Waals surface area contributed by atoms with Crippen LogP contribution in [0.3, 0.4) is 0 Å². The lowest BCUT2D eigenvalue weighted by Crippen LogP contribution is -2.60. The molecule has 4 rings (SSSR count). The van der Waals surface area contributed by atoms with Crippen molar-refractivity contribution in [1.29, 1.82) is 0 Å². The van der Waals surface area contributed by atoms with E-state index < -0.39 is 132 Å². The standard InChI is InChI=1S/C72H113N13O17S/c1-14-46(8)62(55(98-12)41-57(87)85-34-19-23-54(85)63(99-13)47(9)64(90)80-53(69-76-33-39-103-69)40-48-20-16-15-17-21-48)83(10)70(95)60(44(4)5)82-68(94)61(45(6)7)84(11)72(97)102-42-49-24-26-50(27-25-49)78-66(92)52(22-18-31-77-71(74)96)79-67(93)59(43(2)3)81-56(86)30-35-100-37-38-101-36-32-75-65(91)51(73)28-29-58(88)89/h15-17,20-21,24-27,33,39,43-47,51-55,59-63H,14,18-19,22-23,28-32,34-38,40-42,73H2,1-13H3,(H,75,91)(H,78,92)(H,79,93)(H,80,90)(H,81,86)(H,82,94)(H,88,89)(H3,74,77,96)/t46-,47+,51-,52-,53-,54-,55+,59-,60-,61-,62-,63+/m0/s1. The van der Waals surface area contributed by atoms with Crippen LogP contribution >= 0.6 is 11.3 Å². The molecule has 3 aromatic rings. The van der Waals surface area contributed by atoms with Crippen LogP contribution < -0.4 is 48.7 Å². The van der Waals surface area contributed by atoms with Crippen molar-refractivity contribution < 1.29 is 81.5 Å². The van der Waals surface area contributed by atoms with E-state index in [0.717, 1.165) is 10.6 Å². The fourth-order valence-corrected chi connectivity index (χ4v) is 13.0. The van der Waals surface area contributed by atoms with Gasteiger partial charge in [-0.05, 0) is 85.5 Å². The molecule has 0 unspecified atom stereocenters. The number of nitrogens with zero attached hydrogens (tertiary/aromatic N) is 4. The Kier molecular flexibility index (Phi) is 38.0. The number of carbonyl (C=O) groups is 11. The number of aliphatic carboxylic acids is 1. The van der Waals surface area contributed by atoms with Crippen LogP contribution in [0.25, 0.3) is 0 Å². The number of carboxylic acids is 1. The number of methoxy groups -OCH3 is 2. The molecule has 1 aliphatic rings. The zero-order valence-electron chi connectivity index (χ0n) is 62.1. The number of rotatable bonds is 46.